The summed E-state index contributed by atoms with van der Waals surface area (Å²) in [5.74, 6) is 0.976. The summed E-state index contributed by atoms with van der Waals surface area (Å²) in [5.41, 5.74) is 1.96. The number of hydrogen-bond donors (Lipinski definition) is 0. The van der Waals surface area contributed by atoms with Crippen molar-refractivity contribution in [3.05, 3.63) is 66.0 Å². The molecule has 0 fully saturated rings. The van der Waals surface area contributed by atoms with Gasteiger partial charge in [-0.15, -0.1) is 5.10 Å². The Kier molecular flexibility index (Phi) is 4.57. The molecule has 21 heavy (non-hydrogen) atoms. The summed E-state index contributed by atoms with van der Waals surface area (Å²) in [5, 5.41) is 8.44. The van der Waals surface area contributed by atoms with Gasteiger partial charge in [0.25, 0.3) is 5.22 Å². The van der Waals surface area contributed by atoms with Gasteiger partial charge in [0.2, 0.25) is 5.89 Å². The first-order chi connectivity index (χ1) is 10.3. The van der Waals surface area contributed by atoms with Gasteiger partial charge in [0.1, 0.15) is 5.82 Å². The van der Waals surface area contributed by atoms with Gasteiger partial charge in [-0.3, -0.25) is 0 Å². The van der Waals surface area contributed by atoms with Crippen molar-refractivity contribution in [1.29, 1.82) is 0 Å². The molecule has 3 nitrogen and oxygen atoms in total. The largest absolute Gasteiger partial charge is 0.411 e. The Bertz CT molecular complexity index is 701. The van der Waals surface area contributed by atoms with E-state index in [4.69, 9.17) is 4.42 Å². The van der Waals surface area contributed by atoms with Gasteiger partial charge >= 0.3 is 0 Å². The van der Waals surface area contributed by atoms with Gasteiger partial charge in [-0.05, 0) is 29.8 Å². The fourth-order valence-corrected chi connectivity index (χ4v) is 3.44. The monoisotopic (exact) mass is 318 g/mol. The average molecular weight is 318 g/mol. The molecule has 0 atom stereocenters. The van der Waals surface area contributed by atoms with Crippen LogP contribution in [-0.4, -0.2) is 10.2 Å². The Morgan fingerprint density at radius 2 is 1.71 bits per heavy atom. The molecule has 0 aliphatic carbocycles. The van der Waals surface area contributed by atoms with E-state index in [0.717, 1.165) is 5.75 Å². The summed E-state index contributed by atoms with van der Waals surface area (Å²) in [6.45, 7) is 0. The highest BCUT2D eigenvalue weighted by atomic mass is 33.1. The summed E-state index contributed by atoms with van der Waals surface area (Å²) in [4.78, 5) is 0. The molecule has 1 heterocycles. The molecule has 0 unspecified atom stereocenters. The van der Waals surface area contributed by atoms with E-state index in [1.807, 2.05) is 18.2 Å². The molecule has 0 radical (unpaired) electrons. The number of halogens is 1. The Morgan fingerprint density at radius 1 is 0.952 bits per heavy atom. The van der Waals surface area contributed by atoms with E-state index >= 15 is 0 Å². The molecule has 0 spiro atoms. The van der Waals surface area contributed by atoms with E-state index in [2.05, 4.69) is 22.3 Å². The van der Waals surface area contributed by atoms with Gasteiger partial charge in [0.05, 0.1) is 0 Å². The topological polar surface area (TPSA) is 38.9 Å². The highest BCUT2D eigenvalue weighted by Gasteiger charge is 2.09. The van der Waals surface area contributed by atoms with Crippen molar-refractivity contribution >= 4 is 21.6 Å². The van der Waals surface area contributed by atoms with Crippen LogP contribution in [0.1, 0.15) is 5.56 Å². The van der Waals surface area contributed by atoms with Gasteiger partial charge < -0.3 is 4.42 Å². The van der Waals surface area contributed by atoms with Crippen LogP contribution in [0.5, 0.6) is 0 Å². The molecular weight excluding hydrogens is 307 g/mol. The van der Waals surface area contributed by atoms with E-state index < -0.39 is 0 Å². The standard InChI is InChI=1S/C15H11FN2OS2/c16-13-8-6-12(7-9-13)14-17-18-15(19-14)21-20-10-11-4-2-1-3-5-11/h1-9H,10H2. The summed E-state index contributed by atoms with van der Waals surface area (Å²) >= 11 is 0. The van der Waals surface area contributed by atoms with Crippen LogP contribution < -0.4 is 0 Å². The van der Waals surface area contributed by atoms with Crippen LogP contribution in [0.2, 0.25) is 0 Å². The van der Waals surface area contributed by atoms with Crippen molar-refractivity contribution in [2.24, 2.45) is 0 Å². The van der Waals surface area contributed by atoms with Crippen molar-refractivity contribution in [2.45, 2.75) is 11.0 Å². The lowest BCUT2D eigenvalue weighted by Crippen LogP contribution is -1.78. The molecule has 0 aliphatic rings. The third-order valence-corrected chi connectivity index (χ3v) is 4.71. The molecule has 3 rings (SSSR count). The molecule has 0 aliphatic heterocycles. The van der Waals surface area contributed by atoms with Crippen molar-refractivity contribution in [3.8, 4) is 11.5 Å². The van der Waals surface area contributed by atoms with E-state index in [0.29, 0.717) is 16.7 Å². The second kappa shape index (κ2) is 6.78. The molecule has 2 aromatic carbocycles. The van der Waals surface area contributed by atoms with E-state index in [9.17, 15) is 4.39 Å². The van der Waals surface area contributed by atoms with Crippen LogP contribution in [0.4, 0.5) is 4.39 Å². The quantitative estimate of drug-likeness (QED) is 0.631. The molecule has 106 valence electrons. The van der Waals surface area contributed by atoms with Crippen molar-refractivity contribution in [3.63, 3.8) is 0 Å². The van der Waals surface area contributed by atoms with Crippen LogP contribution in [0, 0.1) is 5.82 Å². The molecule has 3 aromatic rings. The first-order valence-corrected chi connectivity index (χ1v) is 8.56. The maximum absolute atomic E-state index is 12.9. The summed E-state index contributed by atoms with van der Waals surface area (Å²) in [6.07, 6.45) is 0. The summed E-state index contributed by atoms with van der Waals surface area (Å²) in [7, 11) is 3.07. The van der Waals surface area contributed by atoms with Crippen LogP contribution in [0.3, 0.4) is 0 Å². The van der Waals surface area contributed by atoms with Crippen LogP contribution >= 0.6 is 21.6 Å². The second-order valence-corrected chi connectivity index (χ2v) is 6.46. The zero-order chi connectivity index (χ0) is 14.5. The minimum absolute atomic E-state index is 0.286. The summed E-state index contributed by atoms with van der Waals surface area (Å²) < 4.78 is 18.4. The van der Waals surface area contributed by atoms with Crippen LogP contribution in [0.25, 0.3) is 11.5 Å². The number of nitrogens with zero attached hydrogens (tertiary/aromatic N) is 2. The minimum Gasteiger partial charge on any atom is -0.411 e. The van der Waals surface area contributed by atoms with Gasteiger partial charge in [-0.25, -0.2) is 4.39 Å². The van der Waals surface area contributed by atoms with Gasteiger partial charge in [-0.2, -0.15) is 0 Å². The maximum Gasteiger partial charge on any atom is 0.287 e. The third-order valence-electron chi connectivity index (χ3n) is 2.70. The van der Waals surface area contributed by atoms with Crippen molar-refractivity contribution in [1.82, 2.24) is 10.2 Å². The Hall–Kier alpha value is -1.79. The number of aromatic nitrogens is 2. The second-order valence-electron chi connectivity index (χ2n) is 4.21. The average Bonchev–Trinajstić information content (AvgIpc) is 2.98. The fourth-order valence-electron chi connectivity index (χ4n) is 1.67. The van der Waals surface area contributed by atoms with Gasteiger partial charge in [0, 0.05) is 22.1 Å². The third kappa shape index (κ3) is 3.86. The fraction of sp³-hybridized carbons (Fsp3) is 0.0667. The molecule has 0 N–H and O–H groups in total. The smallest absolute Gasteiger partial charge is 0.287 e. The Morgan fingerprint density at radius 3 is 2.48 bits per heavy atom. The highest BCUT2D eigenvalue weighted by molar-refractivity contribution is 8.76. The van der Waals surface area contributed by atoms with E-state index in [-0.39, 0.29) is 5.82 Å². The van der Waals surface area contributed by atoms with Crippen molar-refractivity contribution in [2.75, 3.05) is 0 Å². The molecular formula is C15H11FN2OS2. The highest BCUT2D eigenvalue weighted by Crippen LogP contribution is 2.34. The van der Waals surface area contributed by atoms with Gasteiger partial charge in [0.15, 0.2) is 0 Å². The molecule has 0 amide bonds. The number of benzene rings is 2. The molecule has 0 saturated heterocycles. The first-order valence-electron chi connectivity index (χ1n) is 6.24. The Labute approximate surface area is 129 Å². The lowest BCUT2D eigenvalue weighted by atomic mass is 10.2. The lowest BCUT2D eigenvalue weighted by Gasteiger charge is -1.97. The minimum atomic E-state index is -0.286. The Balaban J connectivity index is 1.59. The van der Waals surface area contributed by atoms with Crippen molar-refractivity contribution < 1.29 is 8.81 Å². The zero-order valence-electron chi connectivity index (χ0n) is 10.9. The zero-order valence-corrected chi connectivity index (χ0v) is 12.5. The SMILES string of the molecule is Fc1ccc(-c2nnc(SSCc3ccccc3)o2)cc1. The van der Waals surface area contributed by atoms with E-state index in [1.54, 1.807) is 22.9 Å². The number of rotatable bonds is 5. The van der Waals surface area contributed by atoms with Gasteiger partial charge in [-0.1, -0.05) is 46.2 Å². The first kappa shape index (κ1) is 14.2. The predicted molar refractivity (Wildman–Crippen MR) is 83.3 cm³/mol. The molecule has 6 heteroatoms. The molecule has 0 bridgehead atoms. The van der Waals surface area contributed by atoms with Crippen LogP contribution in [-0.2, 0) is 5.75 Å². The molecule has 1 aromatic heterocycles. The summed E-state index contributed by atoms with van der Waals surface area (Å²) in [6, 6.07) is 16.2. The maximum atomic E-state index is 12.9. The van der Waals surface area contributed by atoms with Crippen LogP contribution in [0.15, 0.2) is 64.2 Å². The predicted octanol–water partition coefficient (Wildman–Crippen LogP) is 4.82. The van der Waals surface area contributed by atoms with E-state index in [1.165, 1.54) is 28.5 Å². The lowest BCUT2D eigenvalue weighted by molar-refractivity contribution is 0.467. The molecule has 0 saturated carbocycles. The normalized spacial score (nSPS) is 10.7. The number of hydrogen-bond acceptors (Lipinski definition) is 5.